The zero-order valence-electron chi connectivity index (χ0n) is 8.32. The van der Waals surface area contributed by atoms with Crippen LogP contribution in [0.1, 0.15) is 26.7 Å². The molecule has 0 radical (unpaired) electrons. The van der Waals surface area contributed by atoms with Crippen molar-refractivity contribution in [1.82, 2.24) is 4.31 Å². The van der Waals surface area contributed by atoms with Crippen molar-refractivity contribution in [2.45, 2.75) is 38.3 Å². The Bertz CT molecular complexity index is 284. The Hall–Kier alpha value is -0.130. The van der Waals surface area contributed by atoms with Gasteiger partial charge >= 0.3 is 0 Å². The van der Waals surface area contributed by atoms with E-state index in [9.17, 15) is 13.5 Å². The van der Waals surface area contributed by atoms with Gasteiger partial charge in [-0.3, -0.25) is 0 Å². The zero-order valence-corrected chi connectivity index (χ0v) is 9.13. The van der Waals surface area contributed by atoms with Crippen molar-refractivity contribution >= 4 is 10.0 Å². The lowest BCUT2D eigenvalue weighted by molar-refractivity contribution is 0.0448. The minimum Gasteiger partial charge on any atom is -0.393 e. The molecule has 1 N–H and O–H groups in total. The minimum atomic E-state index is -3.13. The van der Waals surface area contributed by atoms with Crippen LogP contribution in [0.15, 0.2) is 0 Å². The zero-order chi connectivity index (χ0) is 10.3. The molecule has 1 unspecified atom stereocenters. The van der Waals surface area contributed by atoms with Gasteiger partial charge in [-0.25, -0.2) is 8.42 Å². The summed E-state index contributed by atoms with van der Waals surface area (Å²) in [6.45, 7) is 4.11. The van der Waals surface area contributed by atoms with Crippen molar-refractivity contribution in [2.24, 2.45) is 0 Å². The largest absolute Gasteiger partial charge is 0.393 e. The fraction of sp³-hybridized carbons (Fsp3) is 1.00. The van der Waals surface area contributed by atoms with Gasteiger partial charge in [-0.1, -0.05) is 0 Å². The van der Waals surface area contributed by atoms with Gasteiger partial charge in [-0.2, -0.15) is 4.31 Å². The molecule has 0 bridgehead atoms. The molecule has 1 aliphatic rings. The van der Waals surface area contributed by atoms with Crippen LogP contribution in [0.5, 0.6) is 0 Å². The second-order valence-electron chi connectivity index (χ2n) is 4.29. The van der Waals surface area contributed by atoms with E-state index in [0.717, 1.165) is 0 Å². The minimum absolute atomic E-state index is 0.368. The molecule has 13 heavy (non-hydrogen) atoms. The molecule has 1 heterocycles. The standard InChI is InChI=1S/C8H17NO3S/c1-8(2)6-7(10)4-5-9(8)13(3,11)12/h7,10H,4-6H2,1-3H3. The van der Waals surface area contributed by atoms with E-state index in [0.29, 0.717) is 19.4 Å². The van der Waals surface area contributed by atoms with Gasteiger partial charge in [0.05, 0.1) is 12.4 Å². The SMILES string of the molecule is CC1(C)CC(O)CCN1S(C)(=O)=O. The number of aliphatic hydroxyl groups is 1. The lowest BCUT2D eigenvalue weighted by atomic mass is 9.91. The lowest BCUT2D eigenvalue weighted by Gasteiger charge is -2.42. The summed E-state index contributed by atoms with van der Waals surface area (Å²) in [7, 11) is -3.13. The number of hydrogen-bond acceptors (Lipinski definition) is 3. The van der Waals surface area contributed by atoms with E-state index in [1.54, 1.807) is 0 Å². The van der Waals surface area contributed by atoms with Gasteiger partial charge in [0.25, 0.3) is 0 Å². The molecule has 0 aliphatic carbocycles. The first-order chi connectivity index (χ1) is 5.73. The third-order valence-electron chi connectivity index (χ3n) is 2.48. The van der Waals surface area contributed by atoms with Crippen LogP contribution >= 0.6 is 0 Å². The van der Waals surface area contributed by atoms with Gasteiger partial charge in [-0.05, 0) is 26.7 Å². The Morgan fingerprint density at radius 1 is 1.46 bits per heavy atom. The summed E-state index contributed by atoms with van der Waals surface area (Å²) in [6, 6.07) is 0. The normalized spacial score (nSPS) is 30.3. The van der Waals surface area contributed by atoms with E-state index in [1.165, 1.54) is 10.6 Å². The van der Waals surface area contributed by atoms with Crippen LogP contribution in [0.2, 0.25) is 0 Å². The molecule has 0 aromatic heterocycles. The summed E-state index contributed by atoms with van der Waals surface area (Å²) in [5.41, 5.74) is -0.453. The highest BCUT2D eigenvalue weighted by Gasteiger charge is 2.38. The lowest BCUT2D eigenvalue weighted by Crippen LogP contribution is -2.53. The summed E-state index contributed by atoms with van der Waals surface area (Å²) in [4.78, 5) is 0. The van der Waals surface area contributed by atoms with Crippen LogP contribution in [-0.4, -0.2) is 42.3 Å². The summed E-state index contributed by atoms with van der Waals surface area (Å²) in [6.07, 6.45) is 1.90. The number of aliphatic hydroxyl groups excluding tert-OH is 1. The molecule has 0 spiro atoms. The maximum absolute atomic E-state index is 11.4. The van der Waals surface area contributed by atoms with Crippen molar-refractivity contribution in [1.29, 1.82) is 0 Å². The molecule has 5 heteroatoms. The third kappa shape index (κ3) is 2.42. The summed E-state index contributed by atoms with van der Waals surface area (Å²) in [5.74, 6) is 0. The summed E-state index contributed by atoms with van der Waals surface area (Å²) >= 11 is 0. The molecule has 0 amide bonds. The Morgan fingerprint density at radius 2 is 2.00 bits per heavy atom. The van der Waals surface area contributed by atoms with Crippen molar-refractivity contribution in [2.75, 3.05) is 12.8 Å². The molecule has 1 aliphatic heterocycles. The summed E-state index contributed by atoms with van der Waals surface area (Å²) in [5, 5.41) is 9.41. The number of rotatable bonds is 1. The predicted octanol–water partition coefficient (Wildman–Crippen LogP) is 0.181. The van der Waals surface area contributed by atoms with Gasteiger partial charge in [0.2, 0.25) is 10.0 Å². The van der Waals surface area contributed by atoms with E-state index in [2.05, 4.69) is 0 Å². The van der Waals surface area contributed by atoms with Crippen LogP contribution in [0.3, 0.4) is 0 Å². The first kappa shape index (κ1) is 10.9. The van der Waals surface area contributed by atoms with Crippen LogP contribution in [0.4, 0.5) is 0 Å². The monoisotopic (exact) mass is 207 g/mol. The van der Waals surface area contributed by atoms with E-state index >= 15 is 0 Å². The predicted molar refractivity (Wildman–Crippen MR) is 50.9 cm³/mol. The number of hydrogen-bond donors (Lipinski definition) is 1. The van der Waals surface area contributed by atoms with Gasteiger partial charge in [0, 0.05) is 12.1 Å². The van der Waals surface area contributed by atoms with E-state index in [1.807, 2.05) is 13.8 Å². The Balaban J connectivity index is 2.89. The quantitative estimate of drug-likeness (QED) is 0.667. The summed E-state index contributed by atoms with van der Waals surface area (Å²) < 4.78 is 24.2. The average Bonchev–Trinajstić information content (AvgIpc) is 1.79. The van der Waals surface area contributed by atoms with Gasteiger partial charge in [0.15, 0.2) is 0 Å². The first-order valence-electron chi connectivity index (χ1n) is 4.39. The van der Waals surface area contributed by atoms with Gasteiger partial charge in [-0.15, -0.1) is 0 Å². The molecular formula is C8H17NO3S. The van der Waals surface area contributed by atoms with Gasteiger partial charge in [0.1, 0.15) is 0 Å². The number of nitrogens with zero attached hydrogens (tertiary/aromatic N) is 1. The highest BCUT2D eigenvalue weighted by Crippen LogP contribution is 2.29. The fourth-order valence-electron chi connectivity index (χ4n) is 1.96. The average molecular weight is 207 g/mol. The Morgan fingerprint density at radius 3 is 2.38 bits per heavy atom. The van der Waals surface area contributed by atoms with Crippen LogP contribution in [-0.2, 0) is 10.0 Å². The molecular weight excluding hydrogens is 190 g/mol. The maximum atomic E-state index is 11.4. The van der Waals surface area contributed by atoms with E-state index < -0.39 is 15.6 Å². The molecule has 0 saturated carbocycles. The highest BCUT2D eigenvalue weighted by atomic mass is 32.2. The van der Waals surface area contributed by atoms with E-state index in [4.69, 9.17) is 0 Å². The van der Waals surface area contributed by atoms with E-state index in [-0.39, 0.29) is 6.10 Å². The van der Waals surface area contributed by atoms with Crippen molar-refractivity contribution in [3.8, 4) is 0 Å². The second kappa shape index (κ2) is 3.22. The second-order valence-corrected chi connectivity index (χ2v) is 6.20. The number of sulfonamides is 1. The number of piperidine rings is 1. The molecule has 1 saturated heterocycles. The van der Waals surface area contributed by atoms with Crippen LogP contribution < -0.4 is 0 Å². The molecule has 0 aromatic rings. The Kier molecular flexibility index (Phi) is 2.71. The molecule has 4 nitrogen and oxygen atoms in total. The van der Waals surface area contributed by atoms with Crippen molar-refractivity contribution < 1.29 is 13.5 Å². The third-order valence-corrected chi connectivity index (χ3v) is 3.95. The Labute approximate surface area is 79.6 Å². The topological polar surface area (TPSA) is 57.6 Å². The molecule has 78 valence electrons. The first-order valence-corrected chi connectivity index (χ1v) is 6.24. The molecule has 1 rings (SSSR count). The smallest absolute Gasteiger partial charge is 0.211 e. The van der Waals surface area contributed by atoms with Crippen LogP contribution in [0.25, 0.3) is 0 Å². The molecule has 0 aromatic carbocycles. The maximum Gasteiger partial charge on any atom is 0.211 e. The van der Waals surface area contributed by atoms with Gasteiger partial charge < -0.3 is 5.11 Å². The van der Waals surface area contributed by atoms with Crippen LogP contribution in [0, 0.1) is 0 Å². The van der Waals surface area contributed by atoms with Crippen molar-refractivity contribution in [3.05, 3.63) is 0 Å². The molecule has 1 fully saturated rings. The fourth-order valence-corrected chi connectivity index (χ4v) is 3.37. The highest BCUT2D eigenvalue weighted by molar-refractivity contribution is 7.88. The molecule has 1 atom stereocenters. The van der Waals surface area contributed by atoms with Crippen molar-refractivity contribution in [3.63, 3.8) is 0 Å².